The van der Waals surface area contributed by atoms with Crippen molar-refractivity contribution >= 4 is 33.5 Å². The zero-order valence-electron chi connectivity index (χ0n) is 11.8. The molecule has 5 heteroatoms. The zero-order chi connectivity index (χ0) is 15.3. The highest BCUT2D eigenvalue weighted by Gasteiger charge is 2.13. The van der Waals surface area contributed by atoms with E-state index >= 15 is 0 Å². The lowest BCUT2D eigenvalue weighted by Gasteiger charge is -2.11. The van der Waals surface area contributed by atoms with E-state index < -0.39 is 0 Å². The largest absolute Gasteiger partial charge is 0.306 e. The Labute approximate surface area is 131 Å². The predicted molar refractivity (Wildman–Crippen MR) is 88.9 cm³/mol. The molecule has 0 spiro atoms. The zero-order valence-corrected chi connectivity index (χ0v) is 12.6. The summed E-state index contributed by atoms with van der Waals surface area (Å²) in [6.45, 7) is 1.92. The third-order valence-electron chi connectivity index (χ3n) is 3.80. The number of halogens is 1. The molecular weight excluding hydrogens is 298 g/mol. The van der Waals surface area contributed by atoms with Gasteiger partial charge in [-0.2, -0.15) is 0 Å². The molecule has 0 bridgehead atoms. The first-order chi connectivity index (χ1) is 10.6. The Hall–Kier alpha value is -2.59. The number of hydrogen-bond donors (Lipinski definition) is 1. The van der Waals surface area contributed by atoms with Crippen LogP contribution in [0.3, 0.4) is 0 Å². The van der Waals surface area contributed by atoms with Gasteiger partial charge in [-0.1, -0.05) is 35.9 Å². The molecule has 0 saturated carbocycles. The van der Waals surface area contributed by atoms with E-state index in [1.54, 1.807) is 6.07 Å². The van der Waals surface area contributed by atoms with Crippen molar-refractivity contribution < 1.29 is 0 Å². The second-order valence-electron chi connectivity index (χ2n) is 5.16. The van der Waals surface area contributed by atoms with Crippen LogP contribution in [0, 0.1) is 6.92 Å². The van der Waals surface area contributed by atoms with Crippen molar-refractivity contribution in [1.82, 2.24) is 14.5 Å². The number of rotatable bonds is 1. The summed E-state index contributed by atoms with van der Waals surface area (Å²) >= 11 is 6.29. The Balaban J connectivity index is 2.16. The first kappa shape index (κ1) is 13.1. The lowest BCUT2D eigenvalue weighted by molar-refractivity contribution is 0.992. The number of hydrogen-bond acceptors (Lipinski definition) is 2. The Morgan fingerprint density at radius 3 is 2.64 bits per heavy atom. The van der Waals surface area contributed by atoms with Gasteiger partial charge in [-0.3, -0.25) is 9.36 Å². The highest BCUT2D eigenvalue weighted by molar-refractivity contribution is 6.35. The maximum Gasteiger partial charge on any atom is 0.249 e. The molecule has 1 N–H and O–H groups in total. The number of aromatic amines is 1. The van der Waals surface area contributed by atoms with Gasteiger partial charge < -0.3 is 4.98 Å². The molecule has 0 radical (unpaired) electrons. The molecule has 0 amide bonds. The molecule has 0 unspecified atom stereocenters. The molecule has 0 aliphatic rings. The first-order valence-electron chi connectivity index (χ1n) is 6.91. The van der Waals surface area contributed by atoms with Crippen LogP contribution >= 0.6 is 11.6 Å². The van der Waals surface area contributed by atoms with Crippen molar-refractivity contribution in [2.75, 3.05) is 0 Å². The molecule has 4 nitrogen and oxygen atoms in total. The minimum Gasteiger partial charge on any atom is -0.306 e. The lowest BCUT2D eigenvalue weighted by atomic mass is 10.1. The van der Waals surface area contributed by atoms with Gasteiger partial charge in [0.05, 0.1) is 5.69 Å². The highest BCUT2D eigenvalue weighted by atomic mass is 35.5. The number of pyridine rings is 1. The van der Waals surface area contributed by atoms with Gasteiger partial charge in [0, 0.05) is 21.9 Å². The maximum absolute atomic E-state index is 11.7. The van der Waals surface area contributed by atoms with Crippen LogP contribution in [-0.2, 0) is 0 Å². The van der Waals surface area contributed by atoms with Crippen molar-refractivity contribution in [3.05, 3.63) is 69.7 Å². The van der Waals surface area contributed by atoms with E-state index in [1.807, 2.05) is 47.9 Å². The fraction of sp³-hybridized carbons (Fsp3) is 0.0588. The minimum absolute atomic E-state index is 0.146. The van der Waals surface area contributed by atoms with E-state index in [0.29, 0.717) is 10.7 Å². The molecule has 0 atom stereocenters. The van der Waals surface area contributed by atoms with Crippen LogP contribution in [0.15, 0.2) is 53.3 Å². The monoisotopic (exact) mass is 309 g/mol. The van der Waals surface area contributed by atoms with Crippen LogP contribution in [0.4, 0.5) is 0 Å². The van der Waals surface area contributed by atoms with E-state index in [1.165, 1.54) is 6.07 Å². The van der Waals surface area contributed by atoms with Crippen molar-refractivity contribution in [3.63, 3.8) is 0 Å². The van der Waals surface area contributed by atoms with Gasteiger partial charge in [-0.05, 0) is 25.1 Å². The number of imidazole rings is 1. The molecule has 2 aromatic heterocycles. The summed E-state index contributed by atoms with van der Waals surface area (Å²) < 4.78 is 1.95. The normalized spacial score (nSPS) is 11.4. The van der Waals surface area contributed by atoms with Gasteiger partial charge in [-0.15, -0.1) is 0 Å². The van der Waals surface area contributed by atoms with Crippen LogP contribution in [0.1, 0.15) is 5.82 Å². The molecule has 0 saturated heterocycles. The van der Waals surface area contributed by atoms with Gasteiger partial charge in [0.15, 0.2) is 0 Å². The average molecular weight is 310 g/mol. The molecule has 2 aromatic carbocycles. The number of aromatic nitrogens is 3. The molecule has 0 fully saturated rings. The van der Waals surface area contributed by atoms with Crippen LogP contribution in [0.25, 0.3) is 27.6 Å². The Morgan fingerprint density at radius 2 is 1.82 bits per heavy atom. The summed E-state index contributed by atoms with van der Waals surface area (Å²) in [5.41, 5.74) is 2.25. The van der Waals surface area contributed by atoms with Gasteiger partial charge in [-0.25, -0.2) is 4.98 Å². The van der Waals surface area contributed by atoms with Crippen LogP contribution < -0.4 is 5.56 Å². The van der Waals surface area contributed by atoms with E-state index in [4.69, 9.17) is 11.6 Å². The molecular formula is C17H12ClN3O. The van der Waals surface area contributed by atoms with Gasteiger partial charge in [0.1, 0.15) is 17.0 Å². The Morgan fingerprint density at radius 1 is 1.05 bits per heavy atom. The SMILES string of the molecule is Cc1nc2ccc(=O)[nH]c2n1-c1ccc(Cl)c2ccccc12. The van der Waals surface area contributed by atoms with E-state index in [0.717, 1.165) is 27.8 Å². The fourth-order valence-electron chi connectivity index (χ4n) is 2.84. The second-order valence-corrected chi connectivity index (χ2v) is 5.57. The molecule has 4 rings (SSSR count). The number of nitrogens with one attached hydrogen (secondary N) is 1. The third-order valence-corrected chi connectivity index (χ3v) is 4.12. The van der Waals surface area contributed by atoms with Crippen molar-refractivity contribution in [1.29, 1.82) is 0 Å². The first-order valence-corrected chi connectivity index (χ1v) is 7.29. The third kappa shape index (κ3) is 1.84. The average Bonchev–Trinajstić information content (AvgIpc) is 2.84. The molecule has 4 aromatic rings. The Bertz CT molecular complexity index is 1080. The predicted octanol–water partition coefficient (Wildman–Crippen LogP) is 3.83. The van der Waals surface area contributed by atoms with E-state index in [9.17, 15) is 4.79 Å². The Kier molecular flexibility index (Phi) is 2.81. The smallest absolute Gasteiger partial charge is 0.249 e. The van der Waals surface area contributed by atoms with Crippen LogP contribution in [0.2, 0.25) is 5.02 Å². The van der Waals surface area contributed by atoms with Gasteiger partial charge in [0.25, 0.3) is 0 Å². The second kappa shape index (κ2) is 4.71. The summed E-state index contributed by atoms with van der Waals surface area (Å²) in [5, 5.41) is 2.69. The summed E-state index contributed by atoms with van der Waals surface area (Å²) in [6.07, 6.45) is 0. The van der Waals surface area contributed by atoms with Crippen LogP contribution in [-0.4, -0.2) is 14.5 Å². The highest BCUT2D eigenvalue weighted by Crippen LogP contribution is 2.30. The molecule has 2 heterocycles. The standard InChI is InChI=1S/C17H12ClN3O/c1-10-19-14-7-9-16(22)20-17(14)21(10)15-8-6-13(18)11-4-2-3-5-12(11)15/h2-9H,1H3,(H,20,22). The lowest BCUT2D eigenvalue weighted by Crippen LogP contribution is -2.06. The summed E-state index contributed by atoms with van der Waals surface area (Å²) in [6, 6.07) is 15.0. The number of H-pyrrole nitrogens is 1. The quantitative estimate of drug-likeness (QED) is 0.581. The van der Waals surface area contributed by atoms with E-state index in [-0.39, 0.29) is 5.56 Å². The summed E-state index contributed by atoms with van der Waals surface area (Å²) in [4.78, 5) is 19.1. The molecule has 0 aliphatic heterocycles. The molecule has 22 heavy (non-hydrogen) atoms. The number of nitrogens with zero attached hydrogens (tertiary/aromatic N) is 2. The van der Waals surface area contributed by atoms with Crippen molar-refractivity contribution in [3.8, 4) is 5.69 Å². The molecule has 0 aliphatic carbocycles. The van der Waals surface area contributed by atoms with Gasteiger partial charge >= 0.3 is 0 Å². The summed E-state index contributed by atoms with van der Waals surface area (Å²) in [5.74, 6) is 0.810. The topological polar surface area (TPSA) is 50.7 Å². The van der Waals surface area contributed by atoms with Crippen LogP contribution in [0.5, 0.6) is 0 Å². The van der Waals surface area contributed by atoms with Crippen molar-refractivity contribution in [2.24, 2.45) is 0 Å². The minimum atomic E-state index is -0.146. The summed E-state index contributed by atoms with van der Waals surface area (Å²) in [7, 11) is 0. The number of aryl methyl sites for hydroxylation is 1. The maximum atomic E-state index is 11.7. The van der Waals surface area contributed by atoms with E-state index in [2.05, 4.69) is 9.97 Å². The van der Waals surface area contributed by atoms with Crippen molar-refractivity contribution in [2.45, 2.75) is 6.92 Å². The number of benzene rings is 2. The number of fused-ring (bicyclic) bond motifs is 2. The molecule has 108 valence electrons. The van der Waals surface area contributed by atoms with Gasteiger partial charge in [0.2, 0.25) is 5.56 Å². The fourth-order valence-corrected chi connectivity index (χ4v) is 3.07.